The molecule has 2 aromatic carbocycles. The summed E-state index contributed by atoms with van der Waals surface area (Å²) < 4.78 is 1.80. The van der Waals surface area contributed by atoms with Crippen molar-refractivity contribution in [3.63, 3.8) is 0 Å². The smallest absolute Gasteiger partial charge is 0.253 e. The maximum atomic E-state index is 13.4. The maximum Gasteiger partial charge on any atom is 0.253 e. The van der Waals surface area contributed by atoms with Gasteiger partial charge in [0.05, 0.1) is 28.9 Å². The highest BCUT2D eigenvalue weighted by Crippen LogP contribution is 2.34. The molecule has 0 saturated carbocycles. The van der Waals surface area contributed by atoms with E-state index in [1.165, 1.54) is 17.3 Å². The van der Waals surface area contributed by atoms with E-state index in [1.807, 2.05) is 49.7 Å². The maximum absolute atomic E-state index is 13.4. The van der Waals surface area contributed by atoms with E-state index in [4.69, 9.17) is 5.10 Å². The highest BCUT2D eigenvalue weighted by molar-refractivity contribution is 7.99. The van der Waals surface area contributed by atoms with Gasteiger partial charge in [-0.15, -0.1) is 21.5 Å². The van der Waals surface area contributed by atoms with E-state index < -0.39 is 0 Å². The van der Waals surface area contributed by atoms with Crippen LogP contribution in [0, 0.1) is 13.8 Å². The molecule has 5 rings (SSSR count). The van der Waals surface area contributed by atoms with Crippen LogP contribution in [0.5, 0.6) is 0 Å². The van der Waals surface area contributed by atoms with E-state index in [0.29, 0.717) is 23.0 Å². The van der Waals surface area contributed by atoms with Crippen LogP contribution in [0.3, 0.4) is 0 Å². The van der Waals surface area contributed by atoms with Gasteiger partial charge in [-0.25, -0.2) is 5.01 Å². The highest BCUT2D eigenvalue weighted by atomic mass is 32.2. The number of rotatable bonds is 8. The second-order valence-corrected chi connectivity index (χ2v) is 11.1. The van der Waals surface area contributed by atoms with E-state index >= 15 is 0 Å². The molecular formula is C28H28N6O2S2. The van der Waals surface area contributed by atoms with Gasteiger partial charge in [0.1, 0.15) is 0 Å². The first kappa shape index (κ1) is 25.9. The Bertz CT molecular complexity index is 1480. The van der Waals surface area contributed by atoms with E-state index in [2.05, 4.69) is 46.7 Å². The number of hydrogen-bond donors (Lipinski definition) is 1. The van der Waals surface area contributed by atoms with Gasteiger partial charge in [0.25, 0.3) is 11.8 Å². The summed E-state index contributed by atoms with van der Waals surface area (Å²) >= 11 is 2.94. The van der Waals surface area contributed by atoms with Crippen molar-refractivity contribution >= 4 is 40.6 Å². The minimum Gasteiger partial charge on any atom is -0.345 e. The van der Waals surface area contributed by atoms with Crippen molar-refractivity contribution in [1.29, 1.82) is 0 Å². The molecule has 1 aliphatic heterocycles. The zero-order valence-electron chi connectivity index (χ0n) is 21.4. The van der Waals surface area contributed by atoms with Crippen LogP contribution in [0.25, 0.3) is 0 Å². The molecule has 1 N–H and O–H groups in total. The second-order valence-electron chi connectivity index (χ2n) is 9.19. The molecule has 4 aromatic rings. The topological polar surface area (TPSA) is 92.5 Å². The minimum atomic E-state index is -0.170. The van der Waals surface area contributed by atoms with Crippen LogP contribution in [0.15, 0.2) is 76.3 Å². The number of carbonyl (C=O) groups is 2. The minimum absolute atomic E-state index is 0.0931. The largest absolute Gasteiger partial charge is 0.345 e. The molecule has 1 aliphatic rings. The number of hydrogen-bond acceptors (Lipinski definition) is 7. The average molecular weight is 545 g/mol. The molecule has 38 heavy (non-hydrogen) atoms. The number of thiophene rings is 1. The third-order valence-corrected chi connectivity index (χ3v) is 8.29. The van der Waals surface area contributed by atoms with Crippen molar-refractivity contribution in [2.45, 2.75) is 38.0 Å². The van der Waals surface area contributed by atoms with Crippen LogP contribution in [0.4, 0.5) is 0 Å². The number of hydrazone groups is 1. The number of carbonyl (C=O) groups excluding carboxylic acids is 2. The van der Waals surface area contributed by atoms with Gasteiger partial charge in [0, 0.05) is 19.0 Å². The van der Waals surface area contributed by atoms with E-state index in [0.717, 1.165) is 21.7 Å². The zero-order valence-corrected chi connectivity index (χ0v) is 23.1. The Morgan fingerprint density at radius 1 is 1.05 bits per heavy atom. The van der Waals surface area contributed by atoms with Crippen molar-refractivity contribution in [2.75, 3.05) is 5.75 Å². The molecule has 0 radical (unpaired) electrons. The first-order chi connectivity index (χ1) is 18.4. The first-order valence-electron chi connectivity index (χ1n) is 12.2. The molecule has 2 aromatic heterocycles. The van der Waals surface area contributed by atoms with Crippen molar-refractivity contribution in [2.24, 2.45) is 12.1 Å². The summed E-state index contributed by atoms with van der Waals surface area (Å²) in [7, 11) is 1.83. The number of aryl methyl sites for hydroxylation is 2. The first-order valence-corrected chi connectivity index (χ1v) is 14.1. The summed E-state index contributed by atoms with van der Waals surface area (Å²) in [4.78, 5) is 27.0. The molecule has 8 nitrogen and oxygen atoms in total. The van der Waals surface area contributed by atoms with E-state index in [-0.39, 0.29) is 30.2 Å². The lowest BCUT2D eigenvalue weighted by Gasteiger charge is -2.22. The molecule has 10 heteroatoms. The lowest BCUT2D eigenvalue weighted by molar-refractivity contribution is -0.130. The number of thioether (sulfide) groups is 1. The Hall–Kier alpha value is -3.76. The number of aromatic nitrogens is 3. The van der Waals surface area contributed by atoms with E-state index in [9.17, 15) is 9.59 Å². The van der Waals surface area contributed by atoms with Crippen LogP contribution in [0.2, 0.25) is 0 Å². The molecule has 0 saturated heterocycles. The summed E-state index contributed by atoms with van der Waals surface area (Å²) in [5, 5.41) is 20.3. The predicted molar refractivity (Wildman–Crippen MR) is 150 cm³/mol. The van der Waals surface area contributed by atoms with Gasteiger partial charge in [-0.3, -0.25) is 9.59 Å². The zero-order chi connectivity index (χ0) is 26.6. The van der Waals surface area contributed by atoms with Gasteiger partial charge in [-0.05, 0) is 43.0 Å². The normalized spacial score (nSPS) is 15.0. The van der Waals surface area contributed by atoms with Crippen LogP contribution in [0.1, 0.15) is 50.2 Å². The fraction of sp³-hybridized carbons (Fsp3) is 0.250. The van der Waals surface area contributed by atoms with Gasteiger partial charge in [-0.2, -0.15) is 5.10 Å². The van der Waals surface area contributed by atoms with Gasteiger partial charge < -0.3 is 9.88 Å². The number of amides is 2. The lowest BCUT2D eigenvalue weighted by atomic mass is 10.00. The molecule has 194 valence electrons. The summed E-state index contributed by atoms with van der Waals surface area (Å²) in [6, 6.07) is 19.6. The molecule has 2 amide bonds. The molecule has 0 unspecified atom stereocenters. The fourth-order valence-electron chi connectivity index (χ4n) is 4.24. The average Bonchev–Trinajstić information content (AvgIpc) is 3.67. The van der Waals surface area contributed by atoms with Crippen LogP contribution >= 0.6 is 23.1 Å². The highest BCUT2D eigenvalue weighted by Gasteiger charge is 2.33. The van der Waals surface area contributed by atoms with Crippen molar-refractivity contribution in [1.82, 2.24) is 25.1 Å². The third-order valence-electron chi connectivity index (χ3n) is 6.37. The predicted octanol–water partition coefficient (Wildman–Crippen LogP) is 4.89. The van der Waals surface area contributed by atoms with Crippen LogP contribution in [-0.4, -0.2) is 43.1 Å². The third kappa shape index (κ3) is 5.71. The van der Waals surface area contributed by atoms with Crippen LogP contribution < -0.4 is 5.32 Å². The second kappa shape index (κ2) is 11.3. The lowest BCUT2D eigenvalue weighted by Crippen LogP contribution is -2.28. The summed E-state index contributed by atoms with van der Waals surface area (Å²) in [6.45, 7) is 4.24. The monoisotopic (exact) mass is 544 g/mol. The molecule has 3 heterocycles. The van der Waals surface area contributed by atoms with Gasteiger partial charge >= 0.3 is 0 Å². The summed E-state index contributed by atoms with van der Waals surface area (Å²) in [5.74, 6) is 0.518. The Kier molecular flexibility index (Phi) is 7.71. The Morgan fingerprint density at radius 3 is 2.61 bits per heavy atom. The van der Waals surface area contributed by atoms with Gasteiger partial charge in [-0.1, -0.05) is 65.4 Å². The molecule has 0 fully saturated rings. The van der Waals surface area contributed by atoms with Gasteiger partial charge in [0.15, 0.2) is 11.0 Å². The SMILES string of the molecule is Cc1ccc([C@H]2CC(c3cccs3)=NN2C(=O)CSc2nnc(CNC(=O)c3cccc(C)c3)n2C)cc1. The van der Waals surface area contributed by atoms with Crippen molar-refractivity contribution in [3.05, 3.63) is 99.0 Å². The number of benzene rings is 2. The Labute approximate surface area is 229 Å². The molecule has 0 bridgehead atoms. The number of nitrogens with zero attached hydrogens (tertiary/aromatic N) is 5. The molecule has 0 spiro atoms. The standard InChI is InChI=1S/C28H28N6O2S2/c1-18-9-11-20(12-10-18)23-15-22(24-8-5-13-37-24)32-34(23)26(35)17-38-28-31-30-25(33(28)3)16-29-27(36)21-7-4-6-19(2)14-21/h4-14,23H,15-17H2,1-3H3,(H,29,36)/t23-/m1/s1. The molecule has 0 aliphatic carbocycles. The number of nitrogens with one attached hydrogen (secondary N) is 1. The summed E-state index contributed by atoms with van der Waals surface area (Å²) in [6.07, 6.45) is 0.675. The summed E-state index contributed by atoms with van der Waals surface area (Å²) in [5.41, 5.74) is 4.79. The van der Waals surface area contributed by atoms with Crippen molar-refractivity contribution in [3.8, 4) is 0 Å². The fourth-order valence-corrected chi connectivity index (χ4v) is 5.75. The molecular weight excluding hydrogens is 516 g/mol. The van der Waals surface area contributed by atoms with Gasteiger partial charge in [0.2, 0.25) is 0 Å². The molecule has 1 atom stereocenters. The van der Waals surface area contributed by atoms with Crippen molar-refractivity contribution < 1.29 is 9.59 Å². The van der Waals surface area contributed by atoms with Crippen LogP contribution in [-0.2, 0) is 18.4 Å². The quantitative estimate of drug-likeness (QED) is 0.319. The Balaban J connectivity index is 1.25. The Morgan fingerprint density at radius 2 is 1.87 bits per heavy atom. The van der Waals surface area contributed by atoms with E-state index in [1.54, 1.807) is 27.0 Å².